The fraction of sp³-hybridized carbons (Fsp3) is 0.917. The molecule has 0 radical (unpaired) electrons. The summed E-state index contributed by atoms with van der Waals surface area (Å²) in [4.78, 5) is 15.7. The zero-order valence-electron chi connectivity index (χ0n) is 11.4. The highest BCUT2D eigenvalue weighted by atomic mass is 16.5. The lowest BCUT2D eigenvalue weighted by molar-refractivity contribution is -0.142. The molecule has 1 saturated carbocycles. The van der Waals surface area contributed by atoms with Crippen molar-refractivity contribution in [2.45, 2.75) is 30.8 Å². The predicted molar refractivity (Wildman–Crippen MR) is 67.8 cm³/mol. The van der Waals surface area contributed by atoms with Crippen LogP contribution in [0.1, 0.15) is 19.3 Å². The lowest BCUT2D eigenvalue weighted by Crippen LogP contribution is -2.58. The maximum Gasteiger partial charge on any atom is 0.323 e. The minimum absolute atomic E-state index is 0.268. The number of carbonyl (C=O) groups is 1. The number of nitrogens with two attached hydrogens (primary N) is 1. The Labute approximate surface area is 104 Å². The molecule has 1 aliphatic rings. The largest absolute Gasteiger partial charge is 0.468 e. The quantitative estimate of drug-likeness (QED) is 0.660. The van der Waals surface area contributed by atoms with E-state index < -0.39 is 6.04 Å². The van der Waals surface area contributed by atoms with Crippen LogP contribution in [0.2, 0.25) is 0 Å². The van der Waals surface area contributed by atoms with Gasteiger partial charge in [-0.3, -0.25) is 4.79 Å². The second kappa shape index (κ2) is 5.80. The van der Waals surface area contributed by atoms with Crippen LogP contribution in [0.15, 0.2) is 0 Å². The van der Waals surface area contributed by atoms with Gasteiger partial charge in [-0.15, -0.1) is 0 Å². The van der Waals surface area contributed by atoms with E-state index in [2.05, 4.69) is 28.6 Å². The topological polar surface area (TPSA) is 58.8 Å². The van der Waals surface area contributed by atoms with Crippen molar-refractivity contribution in [1.82, 2.24) is 9.80 Å². The van der Waals surface area contributed by atoms with Crippen LogP contribution >= 0.6 is 0 Å². The molecule has 0 heterocycles. The molecular formula is C12H25N3O2. The molecule has 5 heteroatoms. The van der Waals surface area contributed by atoms with E-state index in [0.29, 0.717) is 6.54 Å². The summed E-state index contributed by atoms with van der Waals surface area (Å²) in [7, 11) is 7.61. The Hall–Kier alpha value is -0.650. The number of nitrogens with zero attached hydrogens (tertiary/aromatic N) is 2. The summed E-state index contributed by atoms with van der Waals surface area (Å²) in [5, 5.41) is 0. The minimum atomic E-state index is -0.552. The van der Waals surface area contributed by atoms with Crippen LogP contribution in [-0.2, 0) is 9.53 Å². The maximum atomic E-state index is 11.2. The minimum Gasteiger partial charge on any atom is -0.468 e. The molecule has 0 aliphatic heterocycles. The highest BCUT2D eigenvalue weighted by Crippen LogP contribution is 2.36. The zero-order valence-corrected chi connectivity index (χ0v) is 11.4. The molecule has 1 aliphatic carbocycles. The van der Waals surface area contributed by atoms with E-state index >= 15 is 0 Å². The number of hydrogen-bond donors (Lipinski definition) is 1. The molecule has 0 spiro atoms. The fourth-order valence-corrected chi connectivity index (χ4v) is 2.46. The van der Waals surface area contributed by atoms with Crippen LogP contribution in [0, 0.1) is 0 Å². The van der Waals surface area contributed by atoms with Crippen LogP contribution in [0.3, 0.4) is 0 Å². The van der Waals surface area contributed by atoms with Crippen molar-refractivity contribution in [1.29, 1.82) is 0 Å². The van der Waals surface area contributed by atoms with E-state index in [9.17, 15) is 4.79 Å². The second-order valence-electron chi connectivity index (χ2n) is 5.30. The first-order chi connectivity index (χ1) is 7.91. The first kappa shape index (κ1) is 14.4. The average Bonchev–Trinajstić information content (AvgIpc) is 2.21. The number of esters is 1. The molecule has 0 aromatic rings. The van der Waals surface area contributed by atoms with Crippen molar-refractivity contribution in [2.75, 3.05) is 41.3 Å². The summed E-state index contributed by atoms with van der Waals surface area (Å²) in [6.45, 7) is 1.49. The first-order valence-electron chi connectivity index (χ1n) is 6.11. The van der Waals surface area contributed by atoms with Gasteiger partial charge in [-0.2, -0.15) is 0 Å². The van der Waals surface area contributed by atoms with Crippen LogP contribution in [-0.4, -0.2) is 68.7 Å². The Morgan fingerprint density at radius 1 is 1.41 bits per heavy atom. The van der Waals surface area contributed by atoms with Crippen molar-refractivity contribution in [2.24, 2.45) is 5.73 Å². The van der Waals surface area contributed by atoms with Crippen LogP contribution < -0.4 is 5.73 Å². The van der Waals surface area contributed by atoms with Crippen molar-refractivity contribution in [3.63, 3.8) is 0 Å². The van der Waals surface area contributed by atoms with Crippen LogP contribution in [0.25, 0.3) is 0 Å². The van der Waals surface area contributed by atoms with Crippen LogP contribution in [0.4, 0.5) is 0 Å². The molecule has 1 atom stereocenters. The van der Waals surface area contributed by atoms with Gasteiger partial charge < -0.3 is 20.3 Å². The standard InChI is InChI=1S/C12H25N3O2/c1-14(2)12(6-5-7-12)9-15(3)8-10(13)11(16)17-4/h10H,5-9,13H2,1-4H3. The van der Waals surface area contributed by atoms with Gasteiger partial charge in [0.1, 0.15) is 6.04 Å². The third kappa shape index (κ3) is 3.40. The molecule has 17 heavy (non-hydrogen) atoms. The summed E-state index contributed by atoms with van der Waals surface area (Å²) in [5.74, 6) is -0.343. The Morgan fingerprint density at radius 2 is 2.00 bits per heavy atom. The molecule has 0 saturated heterocycles. The van der Waals surface area contributed by atoms with Gasteiger partial charge in [0.2, 0.25) is 0 Å². The van der Waals surface area contributed by atoms with Gasteiger partial charge in [-0.25, -0.2) is 0 Å². The van der Waals surface area contributed by atoms with E-state index in [0.717, 1.165) is 6.54 Å². The third-order valence-corrected chi connectivity index (χ3v) is 3.81. The second-order valence-corrected chi connectivity index (χ2v) is 5.30. The van der Waals surface area contributed by atoms with Crippen LogP contribution in [0.5, 0.6) is 0 Å². The van der Waals surface area contributed by atoms with E-state index in [-0.39, 0.29) is 11.5 Å². The third-order valence-electron chi connectivity index (χ3n) is 3.81. The highest BCUT2D eigenvalue weighted by Gasteiger charge is 2.40. The predicted octanol–water partition coefficient (Wildman–Crippen LogP) is -0.0972. The first-order valence-corrected chi connectivity index (χ1v) is 6.11. The Kier molecular flexibility index (Phi) is 4.91. The summed E-state index contributed by atoms with van der Waals surface area (Å²) < 4.78 is 4.63. The van der Waals surface area contributed by atoms with Gasteiger partial charge in [0.05, 0.1) is 7.11 Å². The number of ether oxygens (including phenoxy) is 1. The molecule has 5 nitrogen and oxygen atoms in total. The summed E-state index contributed by atoms with van der Waals surface area (Å²) in [5.41, 5.74) is 6.02. The fourth-order valence-electron chi connectivity index (χ4n) is 2.46. The molecule has 1 rings (SSSR count). The van der Waals surface area contributed by atoms with Gasteiger partial charge in [0, 0.05) is 18.6 Å². The average molecular weight is 243 g/mol. The highest BCUT2D eigenvalue weighted by molar-refractivity contribution is 5.75. The van der Waals surface area contributed by atoms with E-state index in [1.165, 1.54) is 26.4 Å². The Morgan fingerprint density at radius 3 is 2.35 bits per heavy atom. The number of hydrogen-bond acceptors (Lipinski definition) is 5. The van der Waals surface area contributed by atoms with Gasteiger partial charge in [0.15, 0.2) is 0 Å². The molecule has 1 fully saturated rings. The van der Waals surface area contributed by atoms with Crippen molar-refractivity contribution < 1.29 is 9.53 Å². The molecule has 0 aromatic carbocycles. The molecule has 1 unspecified atom stereocenters. The summed E-state index contributed by atoms with van der Waals surface area (Å²) >= 11 is 0. The molecule has 0 bridgehead atoms. The molecule has 0 aromatic heterocycles. The van der Waals surface area contributed by atoms with Crippen molar-refractivity contribution >= 4 is 5.97 Å². The van der Waals surface area contributed by atoms with E-state index in [4.69, 9.17) is 5.73 Å². The van der Waals surface area contributed by atoms with Crippen molar-refractivity contribution in [3.8, 4) is 0 Å². The lowest BCUT2D eigenvalue weighted by atomic mass is 9.75. The van der Waals surface area contributed by atoms with E-state index in [1.807, 2.05) is 7.05 Å². The number of carbonyl (C=O) groups excluding carboxylic acids is 1. The SMILES string of the molecule is COC(=O)C(N)CN(C)CC1(N(C)C)CCC1. The summed E-state index contributed by atoms with van der Waals surface area (Å²) in [6.07, 6.45) is 3.73. The number of methoxy groups -OCH3 is 1. The van der Waals surface area contributed by atoms with Gasteiger partial charge in [0.25, 0.3) is 0 Å². The van der Waals surface area contributed by atoms with E-state index in [1.54, 1.807) is 0 Å². The zero-order chi connectivity index (χ0) is 13.1. The Bertz CT molecular complexity index is 264. The molecular weight excluding hydrogens is 218 g/mol. The van der Waals surface area contributed by atoms with Gasteiger partial charge in [-0.05, 0) is 40.4 Å². The normalized spacial score (nSPS) is 20.2. The molecule has 0 amide bonds. The summed E-state index contributed by atoms with van der Waals surface area (Å²) in [6, 6.07) is -0.552. The monoisotopic (exact) mass is 243 g/mol. The molecule has 2 N–H and O–H groups in total. The smallest absolute Gasteiger partial charge is 0.323 e. The van der Waals surface area contributed by atoms with Gasteiger partial charge >= 0.3 is 5.97 Å². The maximum absolute atomic E-state index is 11.2. The Balaban J connectivity index is 2.43. The van der Waals surface area contributed by atoms with Gasteiger partial charge in [-0.1, -0.05) is 0 Å². The number of likely N-dealkylation sites (N-methyl/N-ethyl adjacent to an activating group) is 2. The molecule has 100 valence electrons. The number of rotatable bonds is 6. The lowest BCUT2D eigenvalue weighted by Gasteiger charge is -2.49. The van der Waals surface area contributed by atoms with Crippen molar-refractivity contribution in [3.05, 3.63) is 0 Å².